The van der Waals surface area contributed by atoms with Crippen LogP contribution in [0.3, 0.4) is 0 Å². The van der Waals surface area contributed by atoms with Crippen LogP contribution in [-0.2, 0) is 12.8 Å². The maximum absolute atomic E-state index is 2.28. The minimum absolute atomic E-state index is 0.623. The van der Waals surface area contributed by atoms with Crippen molar-refractivity contribution in [1.82, 2.24) is 0 Å². The van der Waals surface area contributed by atoms with Crippen molar-refractivity contribution in [2.45, 2.75) is 52.9 Å². The average Bonchev–Trinajstić information content (AvgIpc) is 2.51. The quantitative estimate of drug-likeness (QED) is 0.622. The molecule has 0 unspecified atom stereocenters. The molecule has 0 aliphatic carbocycles. The lowest BCUT2D eigenvalue weighted by atomic mass is 9.93. The molecular formula is C20H28. The van der Waals surface area contributed by atoms with Crippen LogP contribution in [0.15, 0.2) is 54.6 Å². The molecule has 0 atom stereocenters. The van der Waals surface area contributed by atoms with Crippen molar-refractivity contribution in [3.8, 4) is 0 Å². The molecule has 0 radical (unpaired) electrons. The second-order valence-corrected chi connectivity index (χ2v) is 5.19. The molecule has 0 aromatic heterocycles. The van der Waals surface area contributed by atoms with E-state index >= 15 is 0 Å². The summed E-state index contributed by atoms with van der Waals surface area (Å²) in [5, 5.41) is 0. The van der Waals surface area contributed by atoms with Crippen molar-refractivity contribution < 1.29 is 0 Å². The zero-order valence-corrected chi connectivity index (χ0v) is 13.4. The van der Waals surface area contributed by atoms with E-state index < -0.39 is 0 Å². The Labute approximate surface area is 124 Å². The third-order valence-electron chi connectivity index (χ3n) is 3.43. The lowest BCUT2D eigenvalue weighted by Crippen LogP contribution is -1.97. The molecule has 2 aromatic carbocycles. The van der Waals surface area contributed by atoms with Crippen LogP contribution >= 0.6 is 0 Å². The topological polar surface area (TPSA) is 0 Å². The Balaban J connectivity index is 0.000000956. The molecule has 0 bridgehead atoms. The van der Waals surface area contributed by atoms with Crippen molar-refractivity contribution in [2.75, 3.05) is 0 Å². The minimum Gasteiger partial charge on any atom is -0.0683 e. The maximum atomic E-state index is 2.28. The first-order valence-electron chi connectivity index (χ1n) is 7.89. The van der Waals surface area contributed by atoms with Crippen LogP contribution in [0.25, 0.3) is 0 Å². The maximum Gasteiger partial charge on any atom is -0.0216 e. The highest BCUT2D eigenvalue weighted by Gasteiger charge is 2.05. The Kier molecular flexibility index (Phi) is 7.72. The molecule has 0 aliphatic rings. The number of benzene rings is 2. The van der Waals surface area contributed by atoms with Crippen molar-refractivity contribution in [3.63, 3.8) is 0 Å². The predicted molar refractivity (Wildman–Crippen MR) is 90.3 cm³/mol. The average molecular weight is 268 g/mol. The fourth-order valence-electron chi connectivity index (χ4n) is 2.45. The molecule has 0 amide bonds. The van der Waals surface area contributed by atoms with Gasteiger partial charge >= 0.3 is 0 Å². The summed E-state index contributed by atoms with van der Waals surface area (Å²) < 4.78 is 0. The molecule has 0 nitrogen and oxygen atoms in total. The first-order chi connectivity index (χ1) is 9.77. The zero-order chi connectivity index (χ0) is 14.8. The molecule has 0 aliphatic heterocycles. The van der Waals surface area contributed by atoms with E-state index in [4.69, 9.17) is 0 Å². The van der Waals surface area contributed by atoms with Crippen LogP contribution in [0.1, 0.15) is 56.7 Å². The molecule has 0 heteroatoms. The lowest BCUT2D eigenvalue weighted by Gasteiger charge is -2.12. The largest absolute Gasteiger partial charge is 0.0683 e. The van der Waals surface area contributed by atoms with Gasteiger partial charge < -0.3 is 0 Å². The first kappa shape index (κ1) is 16.5. The highest BCUT2D eigenvalue weighted by Crippen LogP contribution is 2.20. The van der Waals surface area contributed by atoms with Crippen LogP contribution < -0.4 is 0 Å². The smallest absolute Gasteiger partial charge is 0.0216 e. The molecular weight excluding hydrogens is 240 g/mol. The van der Waals surface area contributed by atoms with Crippen molar-refractivity contribution >= 4 is 0 Å². The van der Waals surface area contributed by atoms with Gasteiger partial charge in [0.2, 0.25) is 0 Å². The Bertz CT molecular complexity index is 468. The van der Waals surface area contributed by atoms with Gasteiger partial charge in [0.15, 0.2) is 0 Å². The monoisotopic (exact) mass is 268 g/mol. The lowest BCUT2D eigenvalue weighted by molar-refractivity contribution is 0.783. The first-order valence-corrected chi connectivity index (χ1v) is 7.89. The van der Waals surface area contributed by atoms with E-state index in [-0.39, 0.29) is 0 Å². The molecule has 108 valence electrons. The normalized spacial score (nSPS) is 10.1. The Morgan fingerprint density at radius 2 is 1.35 bits per heavy atom. The van der Waals surface area contributed by atoms with Gasteiger partial charge in [-0.05, 0) is 41.9 Å². The van der Waals surface area contributed by atoms with E-state index in [9.17, 15) is 0 Å². The van der Waals surface area contributed by atoms with Crippen LogP contribution in [0, 0.1) is 0 Å². The van der Waals surface area contributed by atoms with Gasteiger partial charge in [-0.2, -0.15) is 0 Å². The summed E-state index contributed by atoms with van der Waals surface area (Å²) in [5.41, 5.74) is 4.47. The van der Waals surface area contributed by atoms with Gasteiger partial charge in [0.05, 0.1) is 0 Å². The summed E-state index contributed by atoms with van der Waals surface area (Å²) >= 11 is 0. The Morgan fingerprint density at radius 1 is 0.750 bits per heavy atom. The molecule has 0 saturated carbocycles. The third-order valence-corrected chi connectivity index (χ3v) is 3.43. The van der Waals surface area contributed by atoms with Gasteiger partial charge in [0, 0.05) is 0 Å². The van der Waals surface area contributed by atoms with Gasteiger partial charge in [0.1, 0.15) is 0 Å². The van der Waals surface area contributed by atoms with E-state index in [0.29, 0.717) is 5.92 Å². The second-order valence-electron chi connectivity index (χ2n) is 5.19. The molecule has 0 N–H and O–H groups in total. The Morgan fingerprint density at radius 3 is 2.00 bits per heavy atom. The van der Waals surface area contributed by atoms with Crippen molar-refractivity contribution in [2.24, 2.45) is 0 Å². The summed E-state index contributed by atoms with van der Waals surface area (Å²) in [6.07, 6.45) is 3.59. The van der Waals surface area contributed by atoms with E-state index in [0.717, 1.165) is 0 Å². The number of rotatable bonds is 5. The van der Waals surface area contributed by atoms with Gasteiger partial charge in [-0.15, -0.1) is 0 Å². The van der Waals surface area contributed by atoms with Crippen LogP contribution in [0.5, 0.6) is 0 Å². The number of hydrogen-bond acceptors (Lipinski definition) is 0. The number of hydrogen-bond donors (Lipinski definition) is 0. The van der Waals surface area contributed by atoms with Gasteiger partial charge in [0.25, 0.3) is 0 Å². The predicted octanol–water partition coefficient (Wildman–Crippen LogP) is 6.01. The van der Waals surface area contributed by atoms with Crippen LogP contribution in [-0.4, -0.2) is 0 Å². The summed E-state index contributed by atoms with van der Waals surface area (Å²) in [7, 11) is 0. The van der Waals surface area contributed by atoms with E-state index in [1.807, 2.05) is 13.8 Å². The van der Waals surface area contributed by atoms with Crippen LogP contribution in [0.4, 0.5) is 0 Å². The van der Waals surface area contributed by atoms with Crippen LogP contribution in [0.2, 0.25) is 0 Å². The number of aryl methyl sites for hydroxylation is 2. The minimum atomic E-state index is 0.623. The van der Waals surface area contributed by atoms with Crippen molar-refractivity contribution in [3.05, 3.63) is 71.3 Å². The summed E-state index contributed by atoms with van der Waals surface area (Å²) in [4.78, 5) is 0. The highest BCUT2D eigenvalue weighted by molar-refractivity contribution is 5.30. The summed E-state index contributed by atoms with van der Waals surface area (Å²) in [6, 6.07) is 19.6. The molecule has 0 heterocycles. The summed E-state index contributed by atoms with van der Waals surface area (Å²) in [5.74, 6) is 0.623. The highest BCUT2D eigenvalue weighted by atomic mass is 14.1. The Hall–Kier alpha value is -1.56. The van der Waals surface area contributed by atoms with E-state index in [1.54, 1.807) is 0 Å². The van der Waals surface area contributed by atoms with E-state index in [1.165, 1.54) is 36.0 Å². The standard InChI is InChI=1S/C18H22.C2H6/c1-15(2)18-14-7-6-12-17(18)13-8-11-16-9-4-3-5-10-16;1-2/h3-7,9-10,12,14-15H,8,11,13H2,1-2H3;1-2H3. The third kappa shape index (κ3) is 5.21. The molecule has 2 rings (SSSR count). The fourth-order valence-corrected chi connectivity index (χ4v) is 2.45. The van der Waals surface area contributed by atoms with Gasteiger partial charge in [-0.25, -0.2) is 0 Å². The second kappa shape index (κ2) is 9.36. The summed E-state index contributed by atoms with van der Waals surface area (Å²) in [6.45, 7) is 8.55. The van der Waals surface area contributed by atoms with Gasteiger partial charge in [-0.1, -0.05) is 82.3 Å². The molecule has 0 saturated heterocycles. The molecule has 0 spiro atoms. The van der Waals surface area contributed by atoms with E-state index in [2.05, 4.69) is 68.4 Å². The SMILES string of the molecule is CC.CC(C)c1ccccc1CCCc1ccccc1. The van der Waals surface area contributed by atoms with Gasteiger partial charge in [-0.3, -0.25) is 0 Å². The molecule has 2 aromatic rings. The fraction of sp³-hybridized carbons (Fsp3) is 0.400. The van der Waals surface area contributed by atoms with Crippen molar-refractivity contribution in [1.29, 1.82) is 0 Å². The zero-order valence-electron chi connectivity index (χ0n) is 13.4. The molecule has 20 heavy (non-hydrogen) atoms. The molecule has 0 fully saturated rings.